The number of rotatable bonds is 3. The van der Waals surface area contributed by atoms with Crippen molar-refractivity contribution in [3.63, 3.8) is 0 Å². The van der Waals surface area contributed by atoms with Crippen molar-refractivity contribution in [1.82, 2.24) is 15.6 Å². The molecule has 23 heavy (non-hydrogen) atoms. The molecule has 0 radical (unpaired) electrons. The number of nitrogens with zero attached hydrogens (tertiary/aromatic N) is 1. The average Bonchev–Trinajstić information content (AvgIpc) is 2.52. The van der Waals surface area contributed by atoms with Crippen LogP contribution in [-0.2, 0) is 6.42 Å². The second-order valence-corrected chi connectivity index (χ2v) is 5.06. The number of aromatic nitrogens is 1. The number of carbonyl (C=O) groups excluding carboxylic acids is 1. The molecule has 2 aromatic rings. The highest BCUT2D eigenvalue weighted by Crippen LogP contribution is 2.21. The molecule has 7 heteroatoms. The van der Waals surface area contributed by atoms with Crippen LogP contribution in [0.4, 0.5) is 4.39 Å². The molecule has 1 aliphatic rings. The summed E-state index contributed by atoms with van der Waals surface area (Å²) in [6.07, 6.45) is 3.44. The van der Waals surface area contributed by atoms with E-state index in [1.165, 1.54) is 23.4 Å². The number of benzene rings is 1. The smallest absolute Gasteiger partial charge is 0.253 e. The predicted molar refractivity (Wildman–Crippen MR) is 91.9 cm³/mol. The molecule has 2 N–H and O–H groups in total. The van der Waals surface area contributed by atoms with Crippen LogP contribution in [0.1, 0.15) is 27.5 Å². The van der Waals surface area contributed by atoms with Gasteiger partial charge in [-0.15, -0.1) is 24.8 Å². The summed E-state index contributed by atoms with van der Waals surface area (Å²) in [6, 6.07) is 9.48. The fourth-order valence-corrected chi connectivity index (χ4v) is 2.61. The first-order valence-electron chi connectivity index (χ1n) is 6.94. The summed E-state index contributed by atoms with van der Waals surface area (Å²) in [6.45, 7) is 1.35. The van der Waals surface area contributed by atoms with E-state index in [2.05, 4.69) is 27.8 Å². The minimum Gasteiger partial charge on any atom is -0.350 e. The summed E-state index contributed by atoms with van der Waals surface area (Å²) >= 11 is 0. The molecule has 1 unspecified atom stereocenters. The molecular weight excluding hydrogens is 340 g/mol. The molecule has 1 atom stereocenters. The van der Waals surface area contributed by atoms with E-state index in [4.69, 9.17) is 0 Å². The standard InChI is InChI=1S/C16H16FN3O.2ClH/c17-13-7-12(8-18-9-13)16(21)20-10-15-14-4-2-1-3-11(14)5-6-19-15;;/h1-4,7-9,15,19H,5-6,10H2,(H,20,21);2*1H. The van der Waals surface area contributed by atoms with E-state index in [1.807, 2.05) is 12.1 Å². The number of hydrogen-bond acceptors (Lipinski definition) is 3. The lowest BCUT2D eigenvalue weighted by Crippen LogP contribution is -2.38. The van der Waals surface area contributed by atoms with Gasteiger partial charge in [-0.25, -0.2) is 4.39 Å². The SMILES string of the molecule is Cl.Cl.O=C(NCC1NCCc2ccccc21)c1cncc(F)c1. The maximum absolute atomic E-state index is 13.1. The monoisotopic (exact) mass is 357 g/mol. The van der Waals surface area contributed by atoms with Gasteiger partial charge in [-0.2, -0.15) is 0 Å². The summed E-state index contributed by atoms with van der Waals surface area (Å²) in [5, 5.41) is 6.22. The highest BCUT2D eigenvalue weighted by Gasteiger charge is 2.19. The van der Waals surface area contributed by atoms with Gasteiger partial charge >= 0.3 is 0 Å². The van der Waals surface area contributed by atoms with Crippen LogP contribution in [-0.4, -0.2) is 24.0 Å². The normalized spacial score (nSPS) is 15.6. The summed E-state index contributed by atoms with van der Waals surface area (Å²) in [4.78, 5) is 15.7. The third-order valence-corrected chi connectivity index (χ3v) is 3.65. The Hall–Kier alpha value is -1.69. The van der Waals surface area contributed by atoms with Crippen molar-refractivity contribution in [3.8, 4) is 0 Å². The predicted octanol–water partition coefficient (Wildman–Crippen LogP) is 2.68. The zero-order chi connectivity index (χ0) is 14.7. The average molecular weight is 358 g/mol. The Bertz CT molecular complexity index is 669. The molecular formula is C16H18Cl2FN3O. The Kier molecular flexibility index (Phi) is 7.42. The molecule has 0 saturated carbocycles. The molecule has 0 spiro atoms. The minimum atomic E-state index is -0.510. The first kappa shape index (κ1) is 19.4. The zero-order valence-electron chi connectivity index (χ0n) is 12.3. The van der Waals surface area contributed by atoms with Crippen molar-refractivity contribution < 1.29 is 9.18 Å². The number of fused-ring (bicyclic) bond motifs is 1. The molecule has 0 bridgehead atoms. The number of hydrogen-bond donors (Lipinski definition) is 2. The van der Waals surface area contributed by atoms with E-state index in [0.717, 1.165) is 19.2 Å². The van der Waals surface area contributed by atoms with E-state index >= 15 is 0 Å². The Morgan fingerprint density at radius 2 is 2.09 bits per heavy atom. The van der Waals surface area contributed by atoms with Gasteiger partial charge in [0, 0.05) is 18.8 Å². The topological polar surface area (TPSA) is 54.0 Å². The molecule has 3 rings (SSSR count). The highest BCUT2D eigenvalue weighted by atomic mass is 35.5. The fourth-order valence-electron chi connectivity index (χ4n) is 2.61. The molecule has 0 aliphatic carbocycles. The Labute approximate surface area is 146 Å². The van der Waals surface area contributed by atoms with Gasteiger partial charge in [0.05, 0.1) is 11.8 Å². The summed E-state index contributed by atoms with van der Waals surface area (Å²) in [5.41, 5.74) is 2.75. The van der Waals surface area contributed by atoms with Gasteiger partial charge in [0.2, 0.25) is 0 Å². The second-order valence-electron chi connectivity index (χ2n) is 5.06. The third-order valence-electron chi connectivity index (χ3n) is 3.65. The van der Waals surface area contributed by atoms with Crippen LogP contribution >= 0.6 is 24.8 Å². The molecule has 1 aromatic carbocycles. The van der Waals surface area contributed by atoms with Crippen molar-refractivity contribution in [2.75, 3.05) is 13.1 Å². The third kappa shape index (κ3) is 4.64. The van der Waals surface area contributed by atoms with E-state index in [0.29, 0.717) is 6.54 Å². The summed E-state index contributed by atoms with van der Waals surface area (Å²) in [7, 11) is 0. The van der Waals surface area contributed by atoms with Crippen molar-refractivity contribution in [2.45, 2.75) is 12.5 Å². The van der Waals surface area contributed by atoms with Gasteiger partial charge < -0.3 is 10.6 Å². The van der Waals surface area contributed by atoms with E-state index in [1.54, 1.807) is 0 Å². The quantitative estimate of drug-likeness (QED) is 0.887. The molecule has 2 heterocycles. The van der Waals surface area contributed by atoms with Gasteiger partial charge in [-0.1, -0.05) is 24.3 Å². The molecule has 1 aromatic heterocycles. The fraction of sp³-hybridized carbons (Fsp3) is 0.250. The minimum absolute atomic E-state index is 0. The summed E-state index contributed by atoms with van der Waals surface area (Å²) in [5.74, 6) is -0.823. The number of carbonyl (C=O) groups is 1. The van der Waals surface area contributed by atoms with Gasteiger partial charge in [0.1, 0.15) is 5.82 Å². The maximum atomic E-state index is 13.1. The molecule has 0 fully saturated rings. The maximum Gasteiger partial charge on any atom is 0.253 e. The van der Waals surface area contributed by atoms with E-state index in [-0.39, 0.29) is 42.3 Å². The highest BCUT2D eigenvalue weighted by molar-refractivity contribution is 5.93. The lowest BCUT2D eigenvalue weighted by atomic mass is 9.94. The molecule has 1 aliphatic heterocycles. The van der Waals surface area contributed by atoms with Crippen molar-refractivity contribution >= 4 is 30.7 Å². The van der Waals surface area contributed by atoms with Crippen LogP contribution in [0.5, 0.6) is 0 Å². The van der Waals surface area contributed by atoms with E-state index < -0.39 is 5.82 Å². The van der Waals surface area contributed by atoms with Crippen LogP contribution in [0.2, 0.25) is 0 Å². The van der Waals surface area contributed by atoms with Gasteiger partial charge in [-0.3, -0.25) is 9.78 Å². The molecule has 0 saturated heterocycles. The van der Waals surface area contributed by atoms with Crippen LogP contribution in [0, 0.1) is 5.82 Å². The molecule has 4 nitrogen and oxygen atoms in total. The number of amides is 1. The van der Waals surface area contributed by atoms with Crippen molar-refractivity contribution in [2.24, 2.45) is 0 Å². The first-order chi connectivity index (χ1) is 10.2. The Morgan fingerprint density at radius 3 is 2.87 bits per heavy atom. The van der Waals surface area contributed by atoms with Crippen LogP contribution in [0.3, 0.4) is 0 Å². The van der Waals surface area contributed by atoms with Crippen LogP contribution in [0.25, 0.3) is 0 Å². The van der Waals surface area contributed by atoms with Crippen LogP contribution in [0.15, 0.2) is 42.7 Å². The number of nitrogens with one attached hydrogen (secondary N) is 2. The Balaban J connectivity index is 0.00000132. The second kappa shape index (κ2) is 8.82. The van der Waals surface area contributed by atoms with Gasteiger partial charge in [0.15, 0.2) is 0 Å². The lowest BCUT2D eigenvalue weighted by molar-refractivity contribution is 0.0948. The lowest BCUT2D eigenvalue weighted by Gasteiger charge is -2.27. The Morgan fingerprint density at radius 1 is 1.30 bits per heavy atom. The molecule has 124 valence electrons. The largest absolute Gasteiger partial charge is 0.350 e. The molecule has 1 amide bonds. The van der Waals surface area contributed by atoms with E-state index in [9.17, 15) is 9.18 Å². The van der Waals surface area contributed by atoms with Crippen LogP contribution < -0.4 is 10.6 Å². The van der Waals surface area contributed by atoms with Crippen molar-refractivity contribution in [3.05, 3.63) is 65.2 Å². The van der Waals surface area contributed by atoms with Crippen molar-refractivity contribution in [1.29, 1.82) is 0 Å². The van der Waals surface area contributed by atoms with Gasteiger partial charge in [-0.05, 0) is 30.2 Å². The zero-order valence-corrected chi connectivity index (χ0v) is 13.9. The number of halogens is 3. The summed E-state index contributed by atoms with van der Waals surface area (Å²) < 4.78 is 13.1. The van der Waals surface area contributed by atoms with Gasteiger partial charge in [0.25, 0.3) is 5.91 Å². The first-order valence-corrected chi connectivity index (χ1v) is 6.94. The number of pyridine rings is 1.